The Labute approximate surface area is 79.9 Å². The van der Waals surface area contributed by atoms with Gasteiger partial charge in [-0.05, 0) is 0 Å². The number of nitrogens with zero attached hydrogens (tertiary/aromatic N) is 1. The van der Waals surface area contributed by atoms with Gasteiger partial charge in [-0.25, -0.2) is 4.98 Å². The summed E-state index contributed by atoms with van der Waals surface area (Å²) in [4.78, 5) is 3.77. The molecular formula is C6H8Cl2N4. The number of nitrogens with two attached hydrogens (primary N) is 2. The molecule has 5 N–H and O–H groups in total. The van der Waals surface area contributed by atoms with Crippen molar-refractivity contribution >= 4 is 40.3 Å². The van der Waals surface area contributed by atoms with Crippen LogP contribution in [0.25, 0.3) is 0 Å². The fourth-order valence-corrected chi connectivity index (χ4v) is 1.31. The Hall–Kier alpha value is -0.870. The van der Waals surface area contributed by atoms with Crippen LogP contribution in [0.3, 0.4) is 0 Å². The average molecular weight is 207 g/mol. The summed E-state index contributed by atoms with van der Waals surface area (Å²) < 4.78 is 0. The van der Waals surface area contributed by atoms with Crippen molar-refractivity contribution in [2.24, 2.45) is 0 Å². The highest BCUT2D eigenvalue weighted by atomic mass is 35.5. The molecule has 0 fully saturated rings. The minimum Gasteiger partial charge on any atom is -0.395 e. The summed E-state index contributed by atoms with van der Waals surface area (Å²) >= 11 is 11.3. The number of pyridine rings is 1. The molecule has 6 heteroatoms. The molecule has 0 saturated heterocycles. The fourth-order valence-electron chi connectivity index (χ4n) is 0.797. The molecule has 4 nitrogen and oxygen atoms in total. The van der Waals surface area contributed by atoms with Crippen molar-refractivity contribution in [1.82, 2.24) is 4.98 Å². The van der Waals surface area contributed by atoms with E-state index in [4.69, 9.17) is 34.7 Å². The molecule has 66 valence electrons. The molecular weight excluding hydrogens is 199 g/mol. The van der Waals surface area contributed by atoms with E-state index in [-0.39, 0.29) is 16.0 Å². The van der Waals surface area contributed by atoms with Gasteiger partial charge in [0.2, 0.25) is 0 Å². The molecule has 1 heterocycles. The highest BCUT2D eigenvalue weighted by molar-refractivity contribution is 6.36. The van der Waals surface area contributed by atoms with Crippen LogP contribution in [0.4, 0.5) is 17.1 Å². The molecule has 1 aromatic heterocycles. The lowest BCUT2D eigenvalue weighted by Crippen LogP contribution is -2.03. The van der Waals surface area contributed by atoms with E-state index in [0.29, 0.717) is 11.4 Å². The first-order chi connectivity index (χ1) is 5.57. The largest absolute Gasteiger partial charge is 0.395 e. The predicted molar refractivity (Wildman–Crippen MR) is 52.6 cm³/mol. The molecule has 12 heavy (non-hydrogen) atoms. The topological polar surface area (TPSA) is 77.0 Å². The van der Waals surface area contributed by atoms with Crippen LogP contribution in [-0.4, -0.2) is 12.0 Å². The molecule has 0 aliphatic rings. The number of halogens is 2. The first-order valence-corrected chi connectivity index (χ1v) is 3.91. The number of nitrogens with one attached hydrogen (secondary N) is 1. The normalized spacial score (nSPS) is 9.92. The van der Waals surface area contributed by atoms with Gasteiger partial charge in [0, 0.05) is 7.05 Å². The molecule has 0 aliphatic heterocycles. The highest BCUT2D eigenvalue weighted by Gasteiger charge is 2.11. The van der Waals surface area contributed by atoms with E-state index in [1.165, 1.54) is 0 Å². The lowest BCUT2D eigenvalue weighted by molar-refractivity contribution is 1.31. The number of aromatic nitrogens is 1. The molecule has 0 bridgehead atoms. The van der Waals surface area contributed by atoms with E-state index in [0.717, 1.165) is 0 Å². The summed E-state index contributed by atoms with van der Waals surface area (Å²) in [5.74, 6) is 0. The van der Waals surface area contributed by atoms with Crippen LogP contribution in [0.15, 0.2) is 0 Å². The zero-order valence-corrected chi connectivity index (χ0v) is 7.87. The Morgan fingerprint density at radius 2 is 1.75 bits per heavy atom. The Morgan fingerprint density at radius 1 is 1.17 bits per heavy atom. The smallest absolute Gasteiger partial charge is 0.156 e. The number of hydrogen-bond acceptors (Lipinski definition) is 4. The van der Waals surface area contributed by atoms with Gasteiger partial charge in [0.1, 0.15) is 0 Å². The van der Waals surface area contributed by atoms with Gasteiger partial charge in [-0.15, -0.1) is 0 Å². The van der Waals surface area contributed by atoms with E-state index < -0.39 is 0 Å². The molecule has 0 aliphatic carbocycles. The predicted octanol–water partition coefficient (Wildman–Crippen LogP) is 1.59. The minimum absolute atomic E-state index is 0.122. The molecule has 0 aromatic carbocycles. The Bertz CT molecular complexity index is 313. The van der Waals surface area contributed by atoms with Crippen LogP contribution in [0.5, 0.6) is 0 Å². The summed E-state index contributed by atoms with van der Waals surface area (Å²) in [6, 6.07) is 0. The number of hydrogen-bond donors (Lipinski definition) is 3. The lowest BCUT2D eigenvalue weighted by Gasteiger charge is -2.09. The van der Waals surface area contributed by atoms with Crippen molar-refractivity contribution in [2.75, 3.05) is 23.8 Å². The Balaban J connectivity index is 3.40. The maximum absolute atomic E-state index is 5.71. The van der Waals surface area contributed by atoms with Crippen LogP contribution in [0, 0.1) is 0 Å². The van der Waals surface area contributed by atoms with Crippen LogP contribution in [0.2, 0.25) is 10.3 Å². The first kappa shape index (κ1) is 9.22. The van der Waals surface area contributed by atoms with Gasteiger partial charge < -0.3 is 16.8 Å². The summed E-state index contributed by atoms with van der Waals surface area (Å²) in [5.41, 5.74) is 12.2. The van der Waals surface area contributed by atoms with Crippen molar-refractivity contribution in [3.8, 4) is 0 Å². The second-order valence-electron chi connectivity index (χ2n) is 2.15. The van der Waals surface area contributed by atoms with Gasteiger partial charge >= 0.3 is 0 Å². The zero-order valence-electron chi connectivity index (χ0n) is 6.36. The van der Waals surface area contributed by atoms with Gasteiger partial charge in [0.05, 0.1) is 17.1 Å². The first-order valence-electron chi connectivity index (χ1n) is 3.15. The third kappa shape index (κ3) is 1.35. The Kier molecular flexibility index (Phi) is 2.49. The highest BCUT2D eigenvalue weighted by Crippen LogP contribution is 2.34. The van der Waals surface area contributed by atoms with Crippen molar-refractivity contribution in [3.63, 3.8) is 0 Å². The fraction of sp³-hybridized carbons (Fsp3) is 0.167. The molecule has 1 rings (SSSR count). The van der Waals surface area contributed by atoms with E-state index in [1.54, 1.807) is 7.05 Å². The second-order valence-corrected chi connectivity index (χ2v) is 2.86. The molecule has 0 radical (unpaired) electrons. The maximum Gasteiger partial charge on any atom is 0.156 e. The Morgan fingerprint density at radius 3 is 2.25 bits per heavy atom. The van der Waals surface area contributed by atoms with Gasteiger partial charge in [0.15, 0.2) is 10.3 Å². The van der Waals surface area contributed by atoms with Gasteiger partial charge in [-0.2, -0.15) is 0 Å². The van der Waals surface area contributed by atoms with Crippen LogP contribution < -0.4 is 16.8 Å². The SMILES string of the molecule is CNc1c(Cl)nc(Cl)c(N)c1N. The number of rotatable bonds is 1. The molecule has 1 aromatic rings. The van der Waals surface area contributed by atoms with Crippen molar-refractivity contribution in [2.45, 2.75) is 0 Å². The zero-order chi connectivity index (χ0) is 9.30. The summed E-state index contributed by atoms with van der Waals surface area (Å²) in [6.07, 6.45) is 0. The molecule has 0 unspecified atom stereocenters. The molecule has 0 amide bonds. The van der Waals surface area contributed by atoms with E-state index in [2.05, 4.69) is 10.3 Å². The monoisotopic (exact) mass is 206 g/mol. The van der Waals surface area contributed by atoms with Gasteiger partial charge in [0.25, 0.3) is 0 Å². The van der Waals surface area contributed by atoms with Crippen LogP contribution in [-0.2, 0) is 0 Å². The molecule has 0 atom stereocenters. The van der Waals surface area contributed by atoms with Crippen LogP contribution in [0.1, 0.15) is 0 Å². The standard InChI is InChI=1S/C6H8Cl2N4/c1-11-4-2(9)3(10)5(7)12-6(4)8/h11H,10H2,1H3,(H2,9,12). The van der Waals surface area contributed by atoms with Crippen LogP contribution >= 0.6 is 23.2 Å². The van der Waals surface area contributed by atoms with Crippen molar-refractivity contribution in [3.05, 3.63) is 10.3 Å². The summed E-state index contributed by atoms with van der Waals surface area (Å²) in [5, 5.41) is 3.11. The number of anilines is 3. The van der Waals surface area contributed by atoms with E-state index in [9.17, 15) is 0 Å². The minimum atomic E-state index is 0.122. The molecule has 0 saturated carbocycles. The molecule has 0 spiro atoms. The lowest BCUT2D eigenvalue weighted by atomic mass is 10.3. The average Bonchev–Trinajstić information content (AvgIpc) is 2.01. The van der Waals surface area contributed by atoms with Gasteiger partial charge in [-0.1, -0.05) is 23.2 Å². The van der Waals surface area contributed by atoms with Crippen molar-refractivity contribution in [1.29, 1.82) is 0 Å². The third-order valence-corrected chi connectivity index (χ3v) is 2.00. The maximum atomic E-state index is 5.71. The second kappa shape index (κ2) is 3.25. The summed E-state index contributed by atoms with van der Waals surface area (Å²) in [7, 11) is 1.67. The van der Waals surface area contributed by atoms with Gasteiger partial charge in [-0.3, -0.25) is 0 Å². The van der Waals surface area contributed by atoms with Crippen molar-refractivity contribution < 1.29 is 0 Å². The quantitative estimate of drug-likeness (QED) is 0.611. The third-order valence-electron chi connectivity index (χ3n) is 1.43. The van der Waals surface area contributed by atoms with E-state index >= 15 is 0 Å². The van der Waals surface area contributed by atoms with E-state index in [1.807, 2.05) is 0 Å². The summed E-state index contributed by atoms with van der Waals surface area (Å²) in [6.45, 7) is 0. The number of nitrogen functional groups attached to an aromatic ring is 2.